The van der Waals surface area contributed by atoms with Gasteiger partial charge in [-0.05, 0) is 37.6 Å². The summed E-state index contributed by atoms with van der Waals surface area (Å²) in [5, 5.41) is 3.36. The van der Waals surface area contributed by atoms with Crippen LogP contribution < -0.4 is 5.32 Å². The molecule has 0 aromatic heterocycles. The zero-order valence-electron chi connectivity index (χ0n) is 12.7. The summed E-state index contributed by atoms with van der Waals surface area (Å²) in [4.78, 5) is 2.50. The van der Waals surface area contributed by atoms with Crippen LogP contribution in [0, 0.1) is 0 Å². The van der Waals surface area contributed by atoms with Crippen molar-refractivity contribution in [1.82, 2.24) is 10.2 Å². The Bertz CT molecular complexity index is 448. The van der Waals surface area contributed by atoms with Crippen LogP contribution in [0.4, 0.5) is 0 Å². The molecule has 1 aromatic rings. The molecule has 1 saturated heterocycles. The Morgan fingerprint density at radius 3 is 2.85 bits per heavy atom. The summed E-state index contributed by atoms with van der Waals surface area (Å²) in [5.74, 6) is 0. The SMILES string of the molecule is CCNCc1ccc(CN2CCOCC2(C)C)c(Br)c1. The second kappa shape index (κ2) is 7.03. The molecule has 0 radical (unpaired) electrons. The average Bonchev–Trinajstić information content (AvgIpc) is 2.41. The summed E-state index contributed by atoms with van der Waals surface area (Å²) in [7, 11) is 0. The molecule has 1 aliphatic rings. The van der Waals surface area contributed by atoms with Crippen molar-refractivity contribution in [2.45, 2.75) is 39.4 Å². The molecule has 20 heavy (non-hydrogen) atoms. The van der Waals surface area contributed by atoms with E-state index in [4.69, 9.17) is 4.74 Å². The number of nitrogens with zero attached hydrogens (tertiary/aromatic N) is 1. The quantitative estimate of drug-likeness (QED) is 0.890. The van der Waals surface area contributed by atoms with E-state index in [1.54, 1.807) is 0 Å². The van der Waals surface area contributed by atoms with Gasteiger partial charge < -0.3 is 10.1 Å². The molecule has 0 spiro atoms. The second-order valence-corrected chi connectivity index (χ2v) is 6.85. The van der Waals surface area contributed by atoms with Gasteiger partial charge in [-0.2, -0.15) is 0 Å². The van der Waals surface area contributed by atoms with Gasteiger partial charge in [-0.25, -0.2) is 0 Å². The molecule has 2 rings (SSSR count). The van der Waals surface area contributed by atoms with E-state index >= 15 is 0 Å². The number of benzene rings is 1. The van der Waals surface area contributed by atoms with Crippen molar-refractivity contribution in [1.29, 1.82) is 0 Å². The van der Waals surface area contributed by atoms with E-state index in [1.165, 1.54) is 15.6 Å². The smallest absolute Gasteiger partial charge is 0.0645 e. The number of ether oxygens (including phenoxy) is 1. The van der Waals surface area contributed by atoms with Gasteiger partial charge in [-0.1, -0.05) is 35.0 Å². The van der Waals surface area contributed by atoms with E-state index < -0.39 is 0 Å². The van der Waals surface area contributed by atoms with Gasteiger partial charge in [-0.3, -0.25) is 4.90 Å². The van der Waals surface area contributed by atoms with Crippen LogP contribution >= 0.6 is 15.9 Å². The molecular formula is C16H25BrN2O. The number of rotatable bonds is 5. The zero-order valence-corrected chi connectivity index (χ0v) is 14.3. The van der Waals surface area contributed by atoms with Gasteiger partial charge in [0.2, 0.25) is 0 Å². The first kappa shape index (κ1) is 16.0. The molecule has 1 fully saturated rings. The zero-order chi connectivity index (χ0) is 14.6. The fourth-order valence-electron chi connectivity index (χ4n) is 2.49. The molecule has 0 unspecified atom stereocenters. The molecule has 3 nitrogen and oxygen atoms in total. The Balaban J connectivity index is 2.05. The summed E-state index contributed by atoms with van der Waals surface area (Å²) in [6, 6.07) is 6.68. The van der Waals surface area contributed by atoms with Crippen molar-refractivity contribution in [2.24, 2.45) is 0 Å². The Morgan fingerprint density at radius 1 is 1.40 bits per heavy atom. The van der Waals surface area contributed by atoms with E-state index in [2.05, 4.69) is 65.1 Å². The van der Waals surface area contributed by atoms with E-state index in [-0.39, 0.29) is 5.54 Å². The van der Waals surface area contributed by atoms with Gasteiger partial charge in [0.1, 0.15) is 0 Å². The Hall–Kier alpha value is -0.420. The number of nitrogens with one attached hydrogen (secondary N) is 1. The van der Waals surface area contributed by atoms with Crippen molar-refractivity contribution in [3.63, 3.8) is 0 Å². The van der Waals surface area contributed by atoms with Gasteiger partial charge in [0.15, 0.2) is 0 Å². The molecule has 1 aliphatic heterocycles. The Morgan fingerprint density at radius 2 is 2.20 bits per heavy atom. The average molecular weight is 341 g/mol. The maximum atomic E-state index is 5.58. The molecular weight excluding hydrogens is 316 g/mol. The maximum absolute atomic E-state index is 5.58. The molecule has 4 heteroatoms. The number of hydrogen-bond acceptors (Lipinski definition) is 3. The lowest BCUT2D eigenvalue weighted by Crippen LogP contribution is -2.52. The molecule has 0 saturated carbocycles. The molecule has 0 amide bonds. The van der Waals surface area contributed by atoms with Crippen molar-refractivity contribution in [2.75, 3.05) is 26.3 Å². The van der Waals surface area contributed by atoms with Crippen LogP contribution in [0.25, 0.3) is 0 Å². The van der Waals surface area contributed by atoms with Crippen LogP contribution in [-0.4, -0.2) is 36.7 Å². The normalized spacial score (nSPS) is 19.2. The van der Waals surface area contributed by atoms with Crippen molar-refractivity contribution >= 4 is 15.9 Å². The van der Waals surface area contributed by atoms with Gasteiger partial charge >= 0.3 is 0 Å². The first-order chi connectivity index (χ1) is 9.53. The minimum atomic E-state index is 0.111. The van der Waals surface area contributed by atoms with Gasteiger partial charge in [0.25, 0.3) is 0 Å². The fourth-order valence-corrected chi connectivity index (χ4v) is 3.04. The van der Waals surface area contributed by atoms with E-state index in [1.807, 2.05) is 0 Å². The first-order valence-corrected chi connectivity index (χ1v) is 8.13. The van der Waals surface area contributed by atoms with E-state index in [9.17, 15) is 0 Å². The largest absolute Gasteiger partial charge is 0.378 e. The number of morpholine rings is 1. The highest BCUT2D eigenvalue weighted by molar-refractivity contribution is 9.10. The summed E-state index contributed by atoms with van der Waals surface area (Å²) >= 11 is 3.72. The summed E-state index contributed by atoms with van der Waals surface area (Å²) in [6.07, 6.45) is 0. The summed E-state index contributed by atoms with van der Waals surface area (Å²) in [6.45, 7) is 12.2. The highest BCUT2D eigenvalue weighted by Crippen LogP contribution is 2.26. The van der Waals surface area contributed by atoms with Crippen LogP contribution in [0.2, 0.25) is 0 Å². The third-order valence-corrected chi connectivity index (χ3v) is 4.61. The number of halogens is 1. The third kappa shape index (κ3) is 4.04. The Kier molecular flexibility index (Phi) is 5.61. The predicted molar refractivity (Wildman–Crippen MR) is 86.8 cm³/mol. The molecule has 0 bridgehead atoms. The summed E-state index contributed by atoms with van der Waals surface area (Å²) < 4.78 is 6.79. The van der Waals surface area contributed by atoms with Crippen molar-refractivity contribution in [3.05, 3.63) is 33.8 Å². The first-order valence-electron chi connectivity index (χ1n) is 7.34. The standard InChI is InChI=1S/C16H25BrN2O/c1-4-18-10-13-5-6-14(15(17)9-13)11-19-7-8-20-12-16(19,2)3/h5-6,9,18H,4,7-8,10-12H2,1-3H3. The monoisotopic (exact) mass is 340 g/mol. The molecule has 0 atom stereocenters. The van der Waals surface area contributed by atoms with E-state index in [0.29, 0.717) is 0 Å². The predicted octanol–water partition coefficient (Wildman–Crippen LogP) is 3.17. The lowest BCUT2D eigenvalue weighted by molar-refractivity contribution is -0.0553. The molecule has 1 aromatic carbocycles. The molecule has 1 N–H and O–H groups in total. The lowest BCUT2D eigenvalue weighted by atomic mass is 10.0. The minimum absolute atomic E-state index is 0.111. The van der Waals surface area contributed by atoms with Gasteiger partial charge in [0, 0.05) is 29.6 Å². The molecule has 0 aliphatic carbocycles. The van der Waals surface area contributed by atoms with Crippen LogP contribution in [0.1, 0.15) is 31.9 Å². The van der Waals surface area contributed by atoms with Crippen LogP contribution in [0.3, 0.4) is 0 Å². The number of hydrogen-bond donors (Lipinski definition) is 1. The van der Waals surface area contributed by atoms with Crippen molar-refractivity contribution in [3.8, 4) is 0 Å². The lowest BCUT2D eigenvalue weighted by Gasteiger charge is -2.42. The topological polar surface area (TPSA) is 24.5 Å². The third-order valence-electron chi connectivity index (χ3n) is 3.87. The Labute approximate surface area is 130 Å². The summed E-state index contributed by atoms with van der Waals surface area (Å²) in [5.41, 5.74) is 2.78. The molecule has 112 valence electrons. The van der Waals surface area contributed by atoms with Crippen molar-refractivity contribution < 1.29 is 4.74 Å². The highest BCUT2D eigenvalue weighted by atomic mass is 79.9. The van der Waals surface area contributed by atoms with Crippen LogP contribution in [0.5, 0.6) is 0 Å². The molecule has 1 heterocycles. The van der Waals surface area contributed by atoms with Crippen LogP contribution in [-0.2, 0) is 17.8 Å². The fraction of sp³-hybridized carbons (Fsp3) is 0.625. The minimum Gasteiger partial charge on any atom is -0.378 e. The highest BCUT2D eigenvalue weighted by Gasteiger charge is 2.30. The van der Waals surface area contributed by atoms with Gasteiger partial charge in [0.05, 0.1) is 13.2 Å². The van der Waals surface area contributed by atoms with Crippen LogP contribution in [0.15, 0.2) is 22.7 Å². The van der Waals surface area contributed by atoms with Gasteiger partial charge in [-0.15, -0.1) is 0 Å². The maximum Gasteiger partial charge on any atom is 0.0645 e. The second-order valence-electron chi connectivity index (χ2n) is 5.99. The van der Waals surface area contributed by atoms with E-state index in [0.717, 1.165) is 39.4 Å².